The average molecular weight is 459 g/mol. The summed E-state index contributed by atoms with van der Waals surface area (Å²) in [5.41, 5.74) is 3.14. The summed E-state index contributed by atoms with van der Waals surface area (Å²) < 4.78 is 0.432. The molecule has 1 aromatic carbocycles. The van der Waals surface area contributed by atoms with E-state index in [-0.39, 0.29) is 27.1 Å². The molecule has 1 heterocycles. The zero-order valence-electron chi connectivity index (χ0n) is 12.6. The van der Waals surface area contributed by atoms with E-state index in [1.807, 2.05) is 0 Å². The molecule has 2 rings (SSSR count). The van der Waals surface area contributed by atoms with Gasteiger partial charge in [-0.15, -0.1) is 0 Å². The molecular weight excluding hydrogens is 446 g/mol. The van der Waals surface area contributed by atoms with Gasteiger partial charge in [-0.05, 0) is 63.4 Å². The molecule has 0 aliphatic rings. The number of phenols is 2. The van der Waals surface area contributed by atoms with Crippen LogP contribution in [0.5, 0.6) is 11.5 Å². The molecule has 1 amide bonds. The summed E-state index contributed by atoms with van der Waals surface area (Å²) in [6.07, 6.45) is 1.19. The van der Waals surface area contributed by atoms with Crippen molar-refractivity contribution in [1.82, 2.24) is 10.4 Å². The Morgan fingerprint density at radius 1 is 1.25 bits per heavy atom. The van der Waals surface area contributed by atoms with Gasteiger partial charge in [0.2, 0.25) is 0 Å². The van der Waals surface area contributed by atoms with Crippen LogP contribution < -0.4 is 11.0 Å². The Balaban J connectivity index is 2.25. The van der Waals surface area contributed by atoms with Crippen LogP contribution >= 0.6 is 31.9 Å². The van der Waals surface area contributed by atoms with Crippen molar-refractivity contribution in [2.24, 2.45) is 5.10 Å². The number of amides is 1. The van der Waals surface area contributed by atoms with Gasteiger partial charge in [-0.2, -0.15) is 5.10 Å². The fraction of sp³-hybridized carbons (Fsp3) is 0.133. The molecule has 0 radical (unpaired) electrons. The highest BCUT2D eigenvalue weighted by Gasteiger charge is 2.15. The highest BCUT2D eigenvalue weighted by atomic mass is 79.9. The van der Waals surface area contributed by atoms with Gasteiger partial charge in [-0.1, -0.05) is 0 Å². The SMILES string of the molecule is Cc1cc(C)c(C(=O)NN=Cc2cc(Br)c(O)c(Br)c2O)c(=O)[nH]1. The summed E-state index contributed by atoms with van der Waals surface area (Å²) in [5.74, 6) is -1.06. The van der Waals surface area contributed by atoms with Crippen molar-refractivity contribution < 1.29 is 15.0 Å². The predicted octanol–water partition coefficient (Wildman–Crippen LogP) is 2.69. The van der Waals surface area contributed by atoms with E-state index in [1.165, 1.54) is 12.3 Å². The Morgan fingerprint density at radius 2 is 1.92 bits per heavy atom. The van der Waals surface area contributed by atoms with Crippen LogP contribution in [0, 0.1) is 13.8 Å². The minimum absolute atomic E-state index is 0.0324. The molecule has 0 spiro atoms. The molecule has 9 heteroatoms. The van der Waals surface area contributed by atoms with E-state index in [0.29, 0.717) is 15.7 Å². The van der Waals surface area contributed by atoms with Crippen molar-refractivity contribution >= 4 is 44.0 Å². The van der Waals surface area contributed by atoms with Gasteiger partial charge in [-0.3, -0.25) is 9.59 Å². The van der Waals surface area contributed by atoms with E-state index in [1.54, 1.807) is 19.9 Å². The zero-order chi connectivity index (χ0) is 18.0. The van der Waals surface area contributed by atoms with Gasteiger partial charge in [0.25, 0.3) is 11.5 Å². The number of carbonyl (C=O) groups is 1. The summed E-state index contributed by atoms with van der Waals surface area (Å²) in [6.45, 7) is 3.37. The number of aryl methyl sites for hydroxylation is 2. The number of hydrogen-bond acceptors (Lipinski definition) is 5. The van der Waals surface area contributed by atoms with Gasteiger partial charge in [0.05, 0.1) is 10.7 Å². The van der Waals surface area contributed by atoms with Crippen molar-refractivity contribution in [3.63, 3.8) is 0 Å². The molecule has 4 N–H and O–H groups in total. The summed E-state index contributed by atoms with van der Waals surface area (Å²) >= 11 is 6.17. The molecule has 0 saturated carbocycles. The van der Waals surface area contributed by atoms with Crippen LogP contribution in [0.4, 0.5) is 0 Å². The standard InChI is InChI=1S/C15H13Br2N3O4/c1-6-3-7(2)19-14(23)10(6)15(24)20-18-5-8-4-9(16)13(22)11(17)12(8)21/h3-5,21-22H,1-2H3,(H,19,23)(H,20,24). The Morgan fingerprint density at radius 3 is 2.54 bits per heavy atom. The van der Waals surface area contributed by atoms with E-state index >= 15 is 0 Å². The number of aromatic hydroxyl groups is 2. The Hall–Kier alpha value is -2.13. The topological polar surface area (TPSA) is 115 Å². The van der Waals surface area contributed by atoms with Crippen LogP contribution in [-0.2, 0) is 0 Å². The number of phenolic OH excluding ortho intramolecular Hbond substituents is 2. The van der Waals surface area contributed by atoms with Crippen LogP contribution in [0.15, 0.2) is 31.0 Å². The molecule has 126 valence electrons. The van der Waals surface area contributed by atoms with Gasteiger partial charge in [0.15, 0.2) is 0 Å². The fourth-order valence-corrected chi connectivity index (χ4v) is 3.22. The quantitative estimate of drug-likeness (QED) is 0.418. The Labute approximate surface area is 153 Å². The first-order valence-corrected chi connectivity index (χ1v) is 8.24. The Bertz CT molecular complexity index is 907. The molecule has 0 unspecified atom stereocenters. The van der Waals surface area contributed by atoms with E-state index in [2.05, 4.69) is 47.4 Å². The number of pyridine rings is 1. The first-order chi connectivity index (χ1) is 11.2. The fourth-order valence-electron chi connectivity index (χ4n) is 2.07. The van der Waals surface area contributed by atoms with E-state index in [4.69, 9.17) is 0 Å². The largest absolute Gasteiger partial charge is 0.506 e. The summed E-state index contributed by atoms with van der Waals surface area (Å²) in [6, 6.07) is 3.11. The van der Waals surface area contributed by atoms with Crippen LogP contribution in [0.2, 0.25) is 0 Å². The van der Waals surface area contributed by atoms with Crippen molar-refractivity contribution in [2.45, 2.75) is 13.8 Å². The molecule has 0 atom stereocenters. The minimum atomic E-state index is -0.665. The number of nitrogens with zero attached hydrogens (tertiary/aromatic N) is 1. The number of aromatic amines is 1. The normalized spacial score (nSPS) is 11.0. The average Bonchev–Trinajstić information content (AvgIpc) is 2.49. The number of hydrogen-bond donors (Lipinski definition) is 4. The van der Waals surface area contributed by atoms with E-state index in [0.717, 1.165) is 0 Å². The number of aromatic nitrogens is 1. The molecule has 24 heavy (non-hydrogen) atoms. The van der Waals surface area contributed by atoms with E-state index in [9.17, 15) is 19.8 Å². The molecule has 1 aromatic heterocycles. The van der Waals surface area contributed by atoms with Gasteiger partial charge in [0.1, 0.15) is 21.5 Å². The third-order valence-electron chi connectivity index (χ3n) is 3.16. The minimum Gasteiger partial charge on any atom is -0.506 e. The van der Waals surface area contributed by atoms with Gasteiger partial charge < -0.3 is 15.2 Å². The summed E-state index contributed by atoms with van der Waals surface area (Å²) in [5, 5.41) is 23.3. The number of carbonyl (C=O) groups excluding carboxylic acids is 1. The Kier molecular flexibility index (Phi) is 5.45. The van der Waals surface area contributed by atoms with Gasteiger partial charge >= 0.3 is 0 Å². The third-order valence-corrected chi connectivity index (χ3v) is 4.52. The molecule has 7 nitrogen and oxygen atoms in total. The van der Waals surface area contributed by atoms with Gasteiger partial charge in [-0.25, -0.2) is 5.43 Å². The lowest BCUT2D eigenvalue weighted by Crippen LogP contribution is -2.28. The predicted molar refractivity (Wildman–Crippen MR) is 96.8 cm³/mol. The number of nitrogens with one attached hydrogen (secondary N) is 2. The third kappa shape index (κ3) is 3.68. The second-order valence-corrected chi connectivity index (χ2v) is 6.64. The number of H-pyrrole nitrogens is 1. The molecular formula is C15H13Br2N3O4. The van der Waals surface area contributed by atoms with Crippen molar-refractivity contribution in [2.75, 3.05) is 0 Å². The summed E-state index contributed by atoms with van der Waals surface area (Å²) in [4.78, 5) is 26.5. The van der Waals surface area contributed by atoms with Gasteiger partial charge in [0, 0.05) is 11.3 Å². The molecule has 0 fully saturated rings. The van der Waals surface area contributed by atoms with Crippen molar-refractivity contribution in [3.8, 4) is 11.5 Å². The highest BCUT2D eigenvalue weighted by molar-refractivity contribution is 9.11. The van der Waals surface area contributed by atoms with Crippen LogP contribution in [-0.4, -0.2) is 27.3 Å². The number of halogens is 2. The second kappa shape index (κ2) is 7.18. The second-order valence-electron chi connectivity index (χ2n) is 5.00. The maximum atomic E-state index is 12.1. The first-order valence-electron chi connectivity index (χ1n) is 6.66. The first kappa shape index (κ1) is 18.2. The molecule has 0 saturated heterocycles. The van der Waals surface area contributed by atoms with Crippen LogP contribution in [0.1, 0.15) is 27.2 Å². The number of benzene rings is 1. The summed E-state index contributed by atoms with van der Waals surface area (Å²) in [7, 11) is 0. The maximum Gasteiger partial charge on any atom is 0.277 e. The van der Waals surface area contributed by atoms with Crippen molar-refractivity contribution in [1.29, 1.82) is 0 Å². The van der Waals surface area contributed by atoms with Crippen LogP contribution in [0.3, 0.4) is 0 Å². The highest BCUT2D eigenvalue weighted by Crippen LogP contribution is 2.40. The lowest BCUT2D eigenvalue weighted by atomic mass is 10.1. The molecule has 0 aliphatic heterocycles. The van der Waals surface area contributed by atoms with E-state index < -0.39 is 11.5 Å². The lowest BCUT2D eigenvalue weighted by molar-refractivity contribution is 0.0953. The maximum absolute atomic E-state index is 12.1. The van der Waals surface area contributed by atoms with Crippen LogP contribution in [0.25, 0.3) is 0 Å². The monoisotopic (exact) mass is 457 g/mol. The van der Waals surface area contributed by atoms with Crippen molar-refractivity contribution in [3.05, 3.63) is 53.8 Å². The zero-order valence-corrected chi connectivity index (χ0v) is 15.8. The molecule has 0 aliphatic carbocycles. The molecule has 0 bridgehead atoms. The number of hydrazone groups is 1. The lowest BCUT2D eigenvalue weighted by Gasteiger charge is -2.07. The smallest absolute Gasteiger partial charge is 0.277 e. The number of rotatable bonds is 3. The molecule has 2 aromatic rings.